The van der Waals surface area contributed by atoms with Gasteiger partial charge >= 0.3 is 0 Å². The molecule has 3 aromatic rings. The largest absolute Gasteiger partial charge is 0.495 e. The number of hydrogen-bond acceptors (Lipinski definition) is 4. The molecule has 0 spiro atoms. The third kappa shape index (κ3) is 3.23. The van der Waals surface area contributed by atoms with Crippen molar-refractivity contribution in [3.8, 4) is 11.4 Å². The van der Waals surface area contributed by atoms with Crippen LogP contribution in [-0.4, -0.2) is 31.4 Å². The van der Waals surface area contributed by atoms with Gasteiger partial charge in [-0.25, -0.2) is 14.6 Å². The second-order valence-electron chi connectivity index (χ2n) is 7.82. The molecule has 1 saturated carbocycles. The summed E-state index contributed by atoms with van der Waals surface area (Å²) in [6.45, 7) is 2.97. The van der Waals surface area contributed by atoms with E-state index in [1.54, 1.807) is 13.4 Å². The molecule has 0 N–H and O–H groups in total. The van der Waals surface area contributed by atoms with Crippen LogP contribution in [0.25, 0.3) is 17.8 Å². The fourth-order valence-electron chi connectivity index (χ4n) is 4.15. The van der Waals surface area contributed by atoms with E-state index in [-0.39, 0.29) is 0 Å². The van der Waals surface area contributed by atoms with Crippen molar-refractivity contribution in [2.45, 2.75) is 45.1 Å². The van der Waals surface area contributed by atoms with E-state index in [4.69, 9.17) is 14.8 Å². The summed E-state index contributed by atoms with van der Waals surface area (Å²) in [6, 6.07) is 6.16. The lowest BCUT2D eigenvalue weighted by Crippen LogP contribution is -2.18. The Morgan fingerprint density at radius 3 is 2.82 bits per heavy atom. The van der Waals surface area contributed by atoms with Gasteiger partial charge in [0.05, 0.1) is 24.8 Å². The molecule has 2 aliphatic rings. The lowest BCUT2D eigenvalue weighted by molar-refractivity contribution is 0.389. The molecule has 0 saturated heterocycles. The van der Waals surface area contributed by atoms with Crippen molar-refractivity contribution in [2.75, 3.05) is 7.11 Å². The van der Waals surface area contributed by atoms with Crippen molar-refractivity contribution in [1.82, 2.24) is 24.3 Å². The van der Waals surface area contributed by atoms with Crippen LogP contribution in [0.3, 0.4) is 0 Å². The summed E-state index contributed by atoms with van der Waals surface area (Å²) in [6.07, 6.45) is 13.0. The molecule has 1 aliphatic heterocycles. The number of imidazole rings is 1. The van der Waals surface area contributed by atoms with E-state index in [2.05, 4.69) is 21.8 Å². The molecule has 144 valence electrons. The summed E-state index contributed by atoms with van der Waals surface area (Å²) in [7, 11) is 1.69. The van der Waals surface area contributed by atoms with E-state index in [0.29, 0.717) is 5.92 Å². The Morgan fingerprint density at radius 2 is 2.07 bits per heavy atom. The van der Waals surface area contributed by atoms with Gasteiger partial charge in [0.15, 0.2) is 5.82 Å². The maximum Gasteiger partial charge on any atom is 0.174 e. The Balaban J connectivity index is 1.39. The van der Waals surface area contributed by atoms with Crippen LogP contribution in [-0.2, 0) is 6.54 Å². The molecular weight excluding hydrogens is 350 g/mol. The van der Waals surface area contributed by atoms with Crippen LogP contribution in [0, 0.1) is 12.8 Å². The predicted octanol–water partition coefficient (Wildman–Crippen LogP) is 4.24. The molecule has 3 heterocycles. The van der Waals surface area contributed by atoms with Crippen molar-refractivity contribution >= 4 is 12.2 Å². The van der Waals surface area contributed by atoms with Crippen LogP contribution in [0.2, 0.25) is 0 Å². The molecule has 1 unspecified atom stereocenters. The first-order chi connectivity index (χ1) is 13.7. The normalized spacial score (nSPS) is 19.1. The number of aryl methyl sites for hydroxylation is 2. The quantitative estimate of drug-likeness (QED) is 0.669. The van der Waals surface area contributed by atoms with Gasteiger partial charge in [0, 0.05) is 18.7 Å². The molecule has 1 fully saturated rings. The van der Waals surface area contributed by atoms with Gasteiger partial charge < -0.3 is 9.30 Å². The Hall–Kier alpha value is -2.89. The highest BCUT2D eigenvalue weighted by Gasteiger charge is 2.37. The van der Waals surface area contributed by atoms with Crippen LogP contribution in [0.5, 0.6) is 5.75 Å². The maximum atomic E-state index is 5.60. The fourth-order valence-corrected chi connectivity index (χ4v) is 4.15. The Kier molecular flexibility index (Phi) is 4.26. The van der Waals surface area contributed by atoms with Gasteiger partial charge in [-0.15, -0.1) is 0 Å². The number of nitrogens with zero attached hydrogens (tertiary/aromatic N) is 5. The minimum Gasteiger partial charge on any atom is -0.495 e. The molecule has 28 heavy (non-hydrogen) atoms. The molecule has 0 radical (unpaired) electrons. The van der Waals surface area contributed by atoms with E-state index >= 15 is 0 Å². The number of aromatic nitrogens is 5. The van der Waals surface area contributed by atoms with Crippen molar-refractivity contribution in [3.63, 3.8) is 0 Å². The van der Waals surface area contributed by atoms with Crippen molar-refractivity contribution < 1.29 is 4.74 Å². The molecule has 0 bridgehead atoms. The molecule has 1 atom stereocenters. The number of benzene rings is 1. The van der Waals surface area contributed by atoms with E-state index in [1.165, 1.54) is 31.5 Å². The predicted molar refractivity (Wildman–Crippen MR) is 109 cm³/mol. The van der Waals surface area contributed by atoms with Gasteiger partial charge in [-0.1, -0.05) is 12.1 Å². The first-order valence-electron chi connectivity index (χ1n) is 10.0. The van der Waals surface area contributed by atoms with E-state index in [0.717, 1.165) is 41.0 Å². The Labute approximate surface area is 164 Å². The molecule has 1 aliphatic carbocycles. The number of methoxy groups -OCH3 is 1. The van der Waals surface area contributed by atoms with Gasteiger partial charge in [-0.2, -0.15) is 5.10 Å². The minimum atomic E-state index is 0.612. The Morgan fingerprint density at radius 1 is 1.18 bits per heavy atom. The van der Waals surface area contributed by atoms with Crippen LogP contribution in [0.1, 0.15) is 54.5 Å². The van der Waals surface area contributed by atoms with Gasteiger partial charge in [0.25, 0.3) is 0 Å². The lowest BCUT2D eigenvalue weighted by Gasteiger charge is -2.21. The van der Waals surface area contributed by atoms with E-state index in [9.17, 15) is 0 Å². The summed E-state index contributed by atoms with van der Waals surface area (Å²) >= 11 is 0. The van der Waals surface area contributed by atoms with Gasteiger partial charge in [0.1, 0.15) is 11.6 Å². The standard InChI is InChI=1S/C22H25N5O/c1-15-13-26(14-23-15)19-9-5-16(12-20(19)28-2)6-10-21-24-22-18(17-7-8-17)4-3-11-27(22)25-21/h5-6,9-10,12-14,17-18H,3-4,7-8,11H2,1-2H3. The molecular formula is C22H25N5O. The zero-order valence-electron chi connectivity index (χ0n) is 16.4. The number of hydrogen-bond donors (Lipinski definition) is 0. The molecule has 2 aromatic heterocycles. The number of rotatable bonds is 5. The average Bonchev–Trinajstić information content (AvgIpc) is 3.33. The first-order valence-corrected chi connectivity index (χ1v) is 10.0. The SMILES string of the molecule is COc1cc(C=Cc2nc3n(n2)CCCC3C2CC2)ccc1-n1cnc(C)c1. The van der Waals surface area contributed by atoms with Gasteiger partial charge in [0.2, 0.25) is 0 Å². The maximum absolute atomic E-state index is 5.60. The summed E-state index contributed by atoms with van der Waals surface area (Å²) in [4.78, 5) is 9.14. The molecule has 5 rings (SSSR count). The molecule has 6 heteroatoms. The highest BCUT2D eigenvalue weighted by Crippen LogP contribution is 2.46. The lowest BCUT2D eigenvalue weighted by atomic mass is 9.94. The second kappa shape index (κ2) is 6.93. The monoisotopic (exact) mass is 375 g/mol. The molecule has 1 aromatic carbocycles. The second-order valence-corrected chi connectivity index (χ2v) is 7.82. The first kappa shape index (κ1) is 17.2. The van der Waals surface area contributed by atoms with Crippen molar-refractivity contribution in [3.05, 3.63) is 53.6 Å². The topological polar surface area (TPSA) is 57.8 Å². The summed E-state index contributed by atoms with van der Waals surface area (Å²) in [5.74, 6) is 4.25. The van der Waals surface area contributed by atoms with Gasteiger partial charge in [-0.05, 0) is 62.3 Å². The van der Waals surface area contributed by atoms with Crippen LogP contribution in [0.15, 0.2) is 30.7 Å². The van der Waals surface area contributed by atoms with Crippen molar-refractivity contribution in [1.29, 1.82) is 0 Å². The smallest absolute Gasteiger partial charge is 0.174 e. The third-order valence-electron chi connectivity index (χ3n) is 5.74. The number of ether oxygens (including phenoxy) is 1. The summed E-state index contributed by atoms with van der Waals surface area (Å²) in [5.41, 5.74) is 3.01. The third-order valence-corrected chi connectivity index (χ3v) is 5.74. The highest BCUT2D eigenvalue weighted by atomic mass is 16.5. The van der Waals surface area contributed by atoms with Crippen molar-refractivity contribution in [2.24, 2.45) is 5.92 Å². The van der Waals surface area contributed by atoms with Crippen LogP contribution >= 0.6 is 0 Å². The summed E-state index contributed by atoms with van der Waals surface area (Å²) in [5, 5.41) is 4.71. The summed E-state index contributed by atoms with van der Waals surface area (Å²) < 4.78 is 9.70. The minimum absolute atomic E-state index is 0.612. The zero-order valence-corrected chi connectivity index (χ0v) is 16.4. The Bertz CT molecular complexity index is 1030. The number of fused-ring (bicyclic) bond motifs is 1. The van der Waals surface area contributed by atoms with Crippen LogP contribution in [0.4, 0.5) is 0 Å². The average molecular weight is 375 g/mol. The molecule has 0 amide bonds. The fraction of sp³-hybridized carbons (Fsp3) is 0.409. The van der Waals surface area contributed by atoms with E-state index in [1.807, 2.05) is 35.9 Å². The van der Waals surface area contributed by atoms with Gasteiger partial charge in [-0.3, -0.25) is 0 Å². The zero-order chi connectivity index (χ0) is 19.1. The highest BCUT2D eigenvalue weighted by molar-refractivity contribution is 5.69. The van der Waals surface area contributed by atoms with E-state index < -0.39 is 0 Å². The molecule has 6 nitrogen and oxygen atoms in total. The van der Waals surface area contributed by atoms with Crippen LogP contribution < -0.4 is 4.74 Å².